The van der Waals surface area contributed by atoms with Crippen molar-refractivity contribution in [3.8, 4) is 0 Å². The molecule has 82 valence electrons. The summed E-state index contributed by atoms with van der Waals surface area (Å²) in [5, 5.41) is 3.41. The zero-order chi connectivity index (χ0) is 10.2. The first-order chi connectivity index (χ1) is 6.83. The maximum atomic E-state index is 3.75. The fourth-order valence-corrected chi connectivity index (χ4v) is 2.10. The fourth-order valence-electron chi connectivity index (χ4n) is 2.10. The number of hydrogen-bond donors (Lipinski definition) is 1. The van der Waals surface area contributed by atoms with Crippen LogP contribution in [0.1, 0.15) is 25.7 Å². The van der Waals surface area contributed by atoms with Crippen molar-refractivity contribution in [3.63, 3.8) is 0 Å². The topological polar surface area (TPSA) is 15.3 Å². The van der Waals surface area contributed by atoms with E-state index in [1.807, 2.05) is 6.08 Å². The molecule has 0 unspecified atom stereocenters. The number of allylic oxidation sites excluding steroid dienone is 1. The summed E-state index contributed by atoms with van der Waals surface area (Å²) in [5.74, 6) is 0.921. The summed E-state index contributed by atoms with van der Waals surface area (Å²) in [6, 6.07) is 0. The van der Waals surface area contributed by atoms with Gasteiger partial charge in [0.2, 0.25) is 0 Å². The fraction of sp³-hybridized carbons (Fsp3) is 0.833. The molecule has 0 saturated carbocycles. The van der Waals surface area contributed by atoms with E-state index in [9.17, 15) is 0 Å². The zero-order valence-electron chi connectivity index (χ0n) is 9.47. The van der Waals surface area contributed by atoms with Crippen LogP contribution in [-0.4, -0.2) is 38.1 Å². The van der Waals surface area contributed by atoms with Crippen molar-refractivity contribution in [3.05, 3.63) is 12.7 Å². The highest BCUT2D eigenvalue weighted by atomic mass is 15.1. The Hall–Kier alpha value is -0.340. The Morgan fingerprint density at radius 3 is 2.79 bits per heavy atom. The van der Waals surface area contributed by atoms with Crippen molar-refractivity contribution in [2.75, 3.05) is 33.2 Å². The van der Waals surface area contributed by atoms with Gasteiger partial charge in [-0.2, -0.15) is 0 Å². The van der Waals surface area contributed by atoms with E-state index >= 15 is 0 Å². The van der Waals surface area contributed by atoms with Crippen LogP contribution in [0.4, 0.5) is 0 Å². The maximum Gasteiger partial charge on any atom is 0.000756 e. The van der Waals surface area contributed by atoms with Crippen molar-refractivity contribution in [1.29, 1.82) is 0 Å². The summed E-state index contributed by atoms with van der Waals surface area (Å²) in [4.78, 5) is 2.47. The van der Waals surface area contributed by atoms with Crippen LogP contribution >= 0.6 is 0 Å². The standard InChI is InChI=1S/C12H24N2/c1-3-4-5-10-14(2)11-12-6-8-13-9-7-12/h3,12-13H,1,4-11H2,2H3. The molecule has 0 spiro atoms. The van der Waals surface area contributed by atoms with Gasteiger partial charge in [-0.15, -0.1) is 6.58 Å². The lowest BCUT2D eigenvalue weighted by molar-refractivity contribution is 0.239. The molecular weight excluding hydrogens is 172 g/mol. The number of rotatable bonds is 6. The first-order valence-electron chi connectivity index (χ1n) is 5.83. The second kappa shape index (κ2) is 7.02. The summed E-state index contributed by atoms with van der Waals surface area (Å²) in [7, 11) is 2.24. The van der Waals surface area contributed by atoms with Gasteiger partial charge in [0.15, 0.2) is 0 Å². The Kier molecular flexibility index (Phi) is 5.88. The highest BCUT2D eigenvalue weighted by molar-refractivity contribution is 4.72. The van der Waals surface area contributed by atoms with Crippen molar-refractivity contribution in [1.82, 2.24) is 10.2 Å². The third-order valence-corrected chi connectivity index (χ3v) is 2.98. The molecule has 1 fully saturated rings. The molecule has 0 bridgehead atoms. The van der Waals surface area contributed by atoms with Gasteiger partial charge in [-0.25, -0.2) is 0 Å². The molecular formula is C12H24N2. The number of unbranched alkanes of at least 4 members (excludes halogenated alkanes) is 1. The first-order valence-corrected chi connectivity index (χ1v) is 5.83. The third-order valence-electron chi connectivity index (χ3n) is 2.98. The summed E-state index contributed by atoms with van der Waals surface area (Å²) < 4.78 is 0. The van der Waals surface area contributed by atoms with Gasteiger partial charge in [-0.1, -0.05) is 6.08 Å². The van der Waals surface area contributed by atoms with Gasteiger partial charge in [0.25, 0.3) is 0 Å². The Bertz CT molecular complexity index is 150. The van der Waals surface area contributed by atoms with Gasteiger partial charge in [0.05, 0.1) is 0 Å². The number of piperidine rings is 1. The molecule has 0 amide bonds. The first kappa shape index (κ1) is 11.7. The number of nitrogens with zero attached hydrogens (tertiary/aromatic N) is 1. The second-order valence-electron chi connectivity index (χ2n) is 4.39. The van der Waals surface area contributed by atoms with E-state index in [0.29, 0.717) is 0 Å². The van der Waals surface area contributed by atoms with Crippen LogP contribution in [0.2, 0.25) is 0 Å². The minimum absolute atomic E-state index is 0.921. The highest BCUT2D eigenvalue weighted by Crippen LogP contribution is 2.12. The van der Waals surface area contributed by atoms with Gasteiger partial charge < -0.3 is 10.2 Å². The van der Waals surface area contributed by atoms with Gasteiger partial charge in [-0.05, 0) is 58.3 Å². The Morgan fingerprint density at radius 2 is 2.14 bits per heavy atom. The van der Waals surface area contributed by atoms with Crippen molar-refractivity contribution >= 4 is 0 Å². The molecule has 1 saturated heterocycles. The molecule has 0 aromatic rings. The molecule has 1 rings (SSSR count). The summed E-state index contributed by atoms with van der Waals surface area (Å²) in [6.45, 7) is 8.67. The second-order valence-corrected chi connectivity index (χ2v) is 4.39. The summed E-state index contributed by atoms with van der Waals surface area (Å²) in [5.41, 5.74) is 0. The monoisotopic (exact) mass is 196 g/mol. The largest absolute Gasteiger partial charge is 0.317 e. The third kappa shape index (κ3) is 4.77. The van der Waals surface area contributed by atoms with Crippen molar-refractivity contribution in [2.45, 2.75) is 25.7 Å². The molecule has 1 aliphatic rings. The average Bonchev–Trinajstić information content (AvgIpc) is 2.20. The van der Waals surface area contributed by atoms with Crippen molar-refractivity contribution in [2.24, 2.45) is 5.92 Å². The van der Waals surface area contributed by atoms with Crippen LogP contribution in [0, 0.1) is 5.92 Å². The van der Waals surface area contributed by atoms with Gasteiger partial charge in [0, 0.05) is 6.54 Å². The molecule has 1 aliphatic heterocycles. The predicted octanol–water partition coefficient (Wildman–Crippen LogP) is 1.88. The summed E-state index contributed by atoms with van der Waals surface area (Å²) >= 11 is 0. The molecule has 1 N–H and O–H groups in total. The van der Waals surface area contributed by atoms with E-state index in [-0.39, 0.29) is 0 Å². The van der Waals surface area contributed by atoms with Crippen LogP contribution in [0.15, 0.2) is 12.7 Å². The molecule has 0 aliphatic carbocycles. The maximum absolute atomic E-state index is 3.75. The lowest BCUT2D eigenvalue weighted by atomic mass is 9.98. The molecule has 14 heavy (non-hydrogen) atoms. The SMILES string of the molecule is C=CCCCN(C)CC1CCNCC1. The lowest BCUT2D eigenvalue weighted by Crippen LogP contribution is -2.34. The Morgan fingerprint density at radius 1 is 1.43 bits per heavy atom. The molecule has 0 aromatic carbocycles. The highest BCUT2D eigenvalue weighted by Gasteiger charge is 2.14. The van der Waals surface area contributed by atoms with Crippen LogP contribution < -0.4 is 5.32 Å². The van der Waals surface area contributed by atoms with Crippen LogP contribution in [0.25, 0.3) is 0 Å². The smallest absolute Gasteiger partial charge is 0.000756 e. The van der Waals surface area contributed by atoms with Crippen LogP contribution in [0.3, 0.4) is 0 Å². The molecule has 2 nitrogen and oxygen atoms in total. The lowest BCUT2D eigenvalue weighted by Gasteiger charge is -2.27. The van der Waals surface area contributed by atoms with E-state index in [1.54, 1.807) is 0 Å². The van der Waals surface area contributed by atoms with Crippen LogP contribution in [-0.2, 0) is 0 Å². The van der Waals surface area contributed by atoms with E-state index in [1.165, 1.54) is 45.4 Å². The molecule has 0 atom stereocenters. The molecule has 1 heterocycles. The van der Waals surface area contributed by atoms with E-state index < -0.39 is 0 Å². The Balaban J connectivity index is 2.05. The minimum Gasteiger partial charge on any atom is -0.317 e. The van der Waals surface area contributed by atoms with Gasteiger partial charge in [-0.3, -0.25) is 0 Å². The minimum atomic E-state index is 0.921. The molecule has 0 radical (unpaired) electrons. The normalized spacial score (nSPS) is 18.7. The predicted molar refractivity (Wildman–Crippen MR) is 62.5 cm³/mol. The zero-order valence-corrected chi connectivity index (χ0v) is 9.47. The Labute approximate surface area is 88.4 Å². The van der Waals surface area contributed by atoms with Crippen LogP contribution in [0.5, 0.6) is 0 Å². The van der Waals surface area contributed by atoms with E-state index in [4.69, 9.17) is 0 Å². The quantitative estimate of drug-likeness (QED) is 0.515. The molecule has 0 aromatic heterocycles. The summed E-state index contributed by atoms with van der Waals surface area (Å²) in [6.07, 6.45) is 7.12. The van der Waals surface area contributed by atoms with Crippen molar-refractivity contribution < 1.29 is 0 Å². The van der Waals surface area contributed by atoms with E-state index in [2.05, 4.69) is 23.8 Å². The number of nitrogens with one attached hydrogen (secondary N) is 1. The van der Waals surface area contributed by atoms with E-state index in [0.717, 1.165) is 12.3 Å². The average molecular weight is 196 g/mol. The number of hydrogen-bond acceptors (Lipinski definition) is 2. The van der Waals surface area contributed by atoms with Gasteiger partial charge in [0.1, 0.15) is 0 Å². The molecule has 2 heteroatoms. The van der Waals surface area contributed by atoms with Gasteiger partial charge >= 0.3 is 0 Å².